The second-order valence-corrected chi connectivity index (χ2v) is 18.9. The van der Waals surface area contributed by atoms with Gasteiger partial charge < -0.3 is 20.3 Å². The van der Waals surface area contributed by atoms with E-state index >= 15 is 0 Å². The molecule has 6 heteroatoms. The van der Waals surface area contributed by atoms with Crippen LogP contribution in [0.25, 0.3) is 0 Å². The van der Waals surface area contributed by atoms with Crippen molar-refractivity contribution in [2.24, 2.45) is 0 Å². The number of allylic oxidation sites excluding steroid dienone is 3. The summed E-state index contributed by atoms with van der Waals surface area (Å²) in [5, 5.41) is 22.9. The Balaban J connectivity index is 3.43. The van der Waals surface area contributed by atoms with E-state index in [1.165, 1.54) is 205 Å². The Morgan fingerprint density at radius 3 is 1.15 bits per heavy atom. The van der Waals surface area contributed by atoms with Crippen molar-refractivity contribution in [3.05, 3.63) is 24.3 Å². The predicted octanol–water partition coefficient (Wildman–Crippen LogP) is 16.7. The van der Waals surface area contributed by atoms with Gasteiger partial charge in [-0.25, -0.2) is 0 Å². The third-order valence-corrected chi connectivity index (χ3v) is 12.7. The van der Waals surface area contributed by atoms with Gasteiger partial charge in [0.05, 0.1) is 25.4 Å². The molecule has 366 valence electrons. The fourth-order valence-corrected chi connectivity index (χ4v) is 8.45. The van der Waals surface area contributed by atoms with Gasteiger partial charge in [0.25, 0.3) is 0 Å². The molecule has 0 aliphatic heterocycles. The molecule has 0 bridgehead atoms. The highest BCUT2D eigenvalue weighted by atomic mass is 16.5. The van der Waals surface area contributed by atoms with E-state index in [9.17, 15) is 19.8 Å². The van der Waals surface area contributed by atoms with Crippen LogP contribution in [0.5, 0.6) is 0 Å². The normalized spacial score (nSPS) is 12.8. The van der Waals surface area contributed by atoms with Crippen molar-refractivity contribution in [2.45, 2.75) is 309 Å². The minimum Gasteiger partial charge on any atom is -0.466 e. The zero-order valence-electron chi connectivity index (χ0n) is 41.6. The van der Waals surface area contributed by atoms with Gasteiger partial charge in [-0.15, -0.1) is 0 Å². The maximum atomic E-state index is 12.4. The van der Waals surface area contributed by atoms with Crippen LogP contribution >= 0.6 is 0 Å². The first-order chi connectivity index (χ1) is 30.5. The lowest BCUT2D eigenvalue weighted by atomic mass is 10.0. The van der Waals surface area contributed by atoms with E-state index in [0.717, 1.165) is 64.2 Å². The molecule has 3 N–H and O–H groups in total. The number of hydrogen-bond acceptors (Lipinski definition) is 5. The van der Waals surface area contributed by atoms with Crippen LogP contribution in [0.4, 0.5) is 0 Å². The first-order valence-corrected chi connectivity index (χ1v) is 27.6. The summed E-state index contributed by atoms with van der Waals surface area (Å²) in [4.78, 5) is 24.5. The summed E-state index contributed by atoms with van der Waals surface area (Å²) in [6, 6.07) is -0.638. The number of nitrogens with one attached hydrogen (secondary N) is 1. The molecule has 0 heterocycles. The molecule has 6 nitrogen and oxygen atoms in total. The molecule has 2 atom stereocenters. The fraction of sp³-hybridized carbons (Fsp3) is 0.893. The zero-order valence-corrected chi connectivity index (χ0v) is 41.6. The van der Waals surface area contributed by atoms with Crippen molar-refractivity contribution in [3.63, 3.8) is 0 Å². The van der Waals surface area contributed by atoms with Gasteiger partial charge in [-0.3, -0.25) is 9.59 Å². The number of unbranched alkanes of at least 4 members (excludes halogenated alkanes) is 38. The topological polar surface area (TPSA) is 95.9 Å². The van der Waals surface area contributed by atoms with Crippen LogP contribution in [0.3, 0.4) is 0 Å². The number of amides is 1. The Morgan fingerprint density at radius 1 is 0.435 bits per heavy atom. The lowest BCUT2D eigenvalue weighted by Crippen LogP contribution is -2.45. The Hall–Kier alpha value is -1.66. The van der Waals surface area contributed by atoms with E-state index in [-0.39, 0.29) is 18.5 Å². The fourth-order valence-electron chi connectivity index (χ4n) is 8.45. The quantitative estimate of drug-likeness (QED) is 0.0321. The van der Waals surface area contributed by atoms with Crippen LogP contribution in [0.2, 0.25) is 0 Å². The van der Waals surface area contributed by atoms with Gasteiger partial charge >= 0.3 is 5.97 Å². The summed E-state index contributed by atoms with van der Waals surface area (Å²) in [5.41, 5.74) is 0. The maximum absolute atomic E-state index is 12.4. The molecule has 0 aliphatic carbocycles. The monoisotopic (exact) mass is 874 g/mol. The minimum absolute atomic E-state index is 0.000514. The highest BCUT2D eigenvalue weighted by Gasteiger charge is 2.18. The van der Waals surface area contributed by atoms with Crippen molar-refractivity contribution in [1.82, 2.24) is 5.32 Å². The lowest BCUT2D eigenvalue weighted by molar-refractivity contribution is -0.143. The number of carbonyl (C=O) groups excluding carboxylic acids is 2. The summed E-state index contributed by atoms with van der Waals surface area (Å²) < 4.78 is 5.48. The molecule has 0 saturated carbocycles. The number of aliphatic hydroxyl groups excluding tert-OH is 2. The van der Waals surface area contributed by atoms with Crippen molar-refractivity contribution >= 4 is 11.9 Å². The lowest BCUT2D eigenvalue weighted by Gasteiger charge is -2.20. The number of ether oxygens (including phenoxy) is 1. The van der Waals surface area contributed by atoms with Gasteiger partial charge in [-0.1, -0.05) is 250 Å². The Kier molecular flexibility index (Phi) is 50.6. The Bertz CT molecular complexity index is 966. The van der Waals surface area contributed by atoms with Crippen LogP contribution in [0.15, 0.2) is 24.3 Å². The molecule has 62 heavy (non-hydrogen) atoms. The van der Waals surface area contributed by atoms with Gasteiger partial charge in [-0.05, 0) is 57.8 Å². The van der Waals surface area contributed by atoms with Crippen LogP contribution in [0.1, 0.15) is 296 Å². The average Bonchev–Trinajstić information content (AvgIpc) is 3.27. The third kappa shape index (κ3) is 47.8. The average molecular weight is 874 g/mol. The highest BCUT2D eigenvalue weighted by molar-refractivity contribution is 5.76. The number of carbonyl (C=O) groups is 2. The molecule has 1 amide bonds. The highest BCUT2D eigenvalue weighted by Crippen LogP contribution is 2.16. The standard InChI is InChI=1S/C56H107NO5/c1-3-5-7-9-11-13-15-16-17-18-19-20-24-27-30-34-38-42-46-50-56(61)62-51-47-43-39-35-31-28-25-22-21-23-26-29-33-37-41-45-49-55(60)57-53(52-58)54(59)48-44-40-36-32-14-12-10-8-6-4-2/h21,23,44,48,53-54,58-59H,3-20,22,24-43,45-47,49-52H2,1-2H3,(H,57,60)/b23-21-,48-44+. The van der Waals surface area contributed by atoms with E-state index in [1.807, 2.05) is 6.08 Å². The van der Waals surface area contributed by atoms with Crippen LogP contribution in [-0.2, 0) is 14.3 Å². The minimum atomic E-state index is -0.852. The van der Waals surface area contributed by atoms with Gasteiger partial charge in [0.2, 0.25) is 5.91 Å². The SMILES string of the molecule is CCCCCCCCCC/C=C/C(O)C(CO)NC(=O)CCCCCCC/C=C\CCCCCCCCCOC(=O)CCCCCCCCCCCCCCCCCCCCC. The van der Waals surface area contributed by atoms with Crippen molar-refractivity contribution < 1.29 is 24.5 Å². The zero-order chi connectivity index (χ0) is 45.1. The van der Waals surface area contributed by atoms with Crippen molar-refractivity contribution in [2.75, 3.05) is 13.2 Å². The van der Waals surface area contributed by atoms with Crippen molar-refractivity contribution in [3.8, 4) is 0 Å². The number of esters is 1. The molecule has 0 spiro atoms. The Labute approximate surface area is 386 Å². The summed E-state index contributed by atoms with van der Waals surface area (Å²) in [5.74, 6) is -0.0862. The summed E-state index contributed by atoms with van der Waals surface area (Å²) in [6.07, 6.45) is 62.0. The van der Waals surface area contributed by atoms with Crippen LogP contribution < -0.4 is 5.32 Å². The molecule has 0 saturated heterocycles. The number of aliphatic hydroxyl groups is 2. The van der Waals surface area contributed by atoms with Gasteiger partial charge in [0.15, 0.2) is 0 Å². The first-order valence-electron chi connectivity index (χ1n) is 27.6. The molecule has 0 aromatic heterocycles. The van der Waals surface area contributed by atoms with Crippen LogP contribution in [-0.4, -0.2) is 47.4 Å². The molecule has 0 aromatic rings. The summed E-state index contributed by atoms with van der Waals surface area (Å²) in [6.45, 7) is 4.87. The smallest absolute Gasteiger partial charge is 0.305 e. The van der Waals surface area contributed by atoms with Crippen LogP contribution in [0, 0.1) is 0 Å². The Morgan fingerprint density at radius 2 is 0.758 bits per heavy atom. The molecule has 0 aromatic carbocycles. The molecule has 0 fully saturated rings. The van der Waals surface area contributed by atoms with E-state index in [0.29, 0.717) is 19.4 Å². The second kappa shape index (κ2) is 52.0. The molecular formula is C56H107NO5. The molecule has 0 radical (unpaired) electrons. The largest absolute Gasteiger partial charge is 0.466 e. The molecule has 2 unspecified atom stereocenters. The van der Waals surface area contributed by atoms with E-state index in [1.54, 1.807) is 6.08 Å². The molecule has 0 rings (SSSR count). The third-order valence-electron chi connectivity index (χ3n) is 12.7. The van der Waals surface area contributed by atoms with Gasteiger partial charge in [0.1, 0.15) is 0 Å². The number of rotatable bonds is 51. The summed E-state index contributed by atoms with van der Waals surface area (Å²) >= 11 is 0. The molecular weight excluding hydrogens is 767 g/mol. The summed E-state index contributed by atoms with van der Waals surface area (Å²) in [7, 11) is 0. The number of hydrogen-bond donors (Lipinski definition) is 3. The van der Waals surface area contributed by atoms with Gasteiger partial charge in [0, 0.05) is 12.8 Å². The first kappa shape index (κ1) is 60.3. The van der Waals surface area contributed by atoms with E-state index in [2.05, 4.69) is 31.3 Å². The van der Waals surface area contributed by atoms with Gasteiger partial charge in [-0.2, -0.15) is 0 Å². The van der Waals surface area contributed by atoms with E-state index < -0.39 is 12.1 Å². The molecule has 0 aliphatic rings. The predicted molar refractivity (Wildman–Crippen MR) is 269 cm³/mol. The van der Waals surface area contributed by atoms with Crippen molar-refractivity contribution in [1.29, 1.82) is 0 Å². The maximum Gasteiger partial charge on any atom is 0.305 e. The van der Waals surface area contributed by atoms with E-state index in [4.69, 9.17) is 4.74 Å². The second-order valence-electron chi connectivity index (χ2n) is 18.9.